The Balaban J connectivity index is 1.39. The second-order valence-electron chi connectivity index (χ2n) is 7.16. The van der Waals surface area contributed by atoms with Crippen molar-refractivity contribution in [1.29, 1.82) is 0 Å². The number of ketones is 1. The summed E-state index contributed by atoms with van der Waals surface area (Å²) in [5.41, 5.74) is 3.88. The predicted molar refractivity (Wildman–Crippen MR) is 109 cm³/mol. The van der Waals surface area contributed by atoms with Gasteiger partial charge in [-0.2, -0.15) is 0 Å². The Morgan fingerprint density at radius 3 is 2.37 bits per heavy atom. The lowest BCUT2D eigenvalue weighted by atomic mass is 10.1. The van der Waals surface area contributed by atoms with E-state index in [1.54, 1.807) is 11.0 Å². The van der Waals surface area contributed by atoms with E-state index in [-0.39, 0.29) is 0 Å². The first kappa shape index (κ1) is 18.3. The Morgan fingerprint density at radius 1 is 0.926 bits per heavy atom. The van der Waals surface area contributed by atoms with Crippen LogP contribution in [0.2, 0.25) is 0 Å². The minimum Gasteiger partial charge on any atom is -0.297 e. The molecule has 0 unspecified atom stereocenters. The van der Waals surface area contributed by atoms with Crippen LogP contribution in [0, 0.1) is 6.92 Å². The summed E-state index contributed by atoms with van der Waals surface area (Å²) in [6.07, 6.45) is 0. The molecule has 6 heteroatoms. The van der Waals surface area contributed by atoms with Gasteiger partial charge in [-0.25, -0.2) is 0 Å². The second-order valence-corrected chi connectivity index (χ2v) is 8.01. The third kappa shape index (κ3) is 3.57. The quantitative estimate of drug-likeness (QED) is 0.703. The normalized spacial score (nSPS) is 18.2. The largest absolute Gasteiger partial charge is 0.300 e. The van der Waals surface area contributed by atoms with Gasteiger partial charge in [0.15, 0.2) is 0 Å². The maximum absolute atomic E-state index is 12.4. The number of piperazine rings is 1. The summed E-state index contributed by atoms with van der Waals surface area (Å²) in [7, 11) is 0. The van der Waals surface area contributed by atoms with Crippen LogP contribution in [0.5, 0.6) is 0 Å². The number of nitrogens with zero attached hydrogens (tertiary/aromatic N) is 3. The van der Waals surface area contributed by atoms with Gasteiger partial charge in [-0.05, 0) is 46.1 Å². The van der Waals surface area contributed by atoms with Crippen LogP contribution in [0.1, 0.15) is 21.5 Å². The van der Waals surface area contributed by atoms with Crippen LogP contribution in [-0.4, -0.2) is 54.3 Å². The zero-order chi connectivity index (χ0) is 19.0. The summed E-state index contributed by atoms with van der Waals surface area (Å²) in [4.78, 5) is 31.1. The zero-order valence-electron chi connectivity index (χ0n) is 15.3. The van der Waals surface area contributed by atoms with Gasteiger partial charge < -0.3 is 0 Å². The SMILES string of the molecule is Cc1ccccc1CN1CCN(CN2C(=O)C(=O)c3c(Br)cccc32)CC1. The molecule has 2 aromatic carbocycles. The summed E-state index contributed by atoms with van der Waals surface area (Å²) in [5, 5.41) is 0. The molecule has 0 radical (unpaired) electrons. The lowest BCUT2D eigenvalue weighted by Crippen LogP contribution is -2.50. The fourth-order valence-corrected chi connectivity index (χ4v) is 4.29. The molecule has 1 saturated heterocycles. The zero-order valence-corrected chi connectivity index (χ0v) is 16.9. The lowest BCUT2D eigenvalue weighted by molar-refractivity contribution is -0.114. The topological polar surface area (TPSA) is 43.9 Å². The van der Waals surface area contributed by atoms with Crippen molar-refractivity contribution in [3.63, 3.8) is 0 Å². The molecular formula is C21H22BrN3O2. The van der Waals surface area contributed by atoms with Gasteiger partial charge in [0.1, 0.15) is 0 Å². The molecule has 140 valence electrons. The van der Waals surface area contributed by atoms with Crippen molar-refractivity contribution in [1.82, 2.24) is 9.80 Å². The molecule has 0 spiro atoms. The first-order valence-electron chi connectivity index (χ1n) is 9.18. The number of hydrogen-bond acceptors (Lipinski definition) is 4. The van der Waals surface area contributed by atoms with E-state index in [2.05, 4.69) is 56.9 Å². The highest BCUT2D eigenvalue weighted by molar-refractivity contribution is 9.10. The molecule has 0 saturated carbocycles. The van der Waals surface area contributed by atoms with E-state index in [4.69, 9.17) is 0 Å². The number of fused-ring (bicyclic) bond motifs is 1. The summed E-state index contributed by atoms with van der Waals surface area (Å²) < 4.78 is 0.684. The average Bonchev–Trinajstić information content (AvgIpc) is 2.91. The molecule has 2 aliphatic heterocycles. The fourth-order valence-electron chi connectivity index (χ4n) is 3.76. The molecule has 1 amide bonds. The Morgan fingerprint density at radius 2 is 1.63 bits per heavy atom. The van der Waals surface area contributed by atoms with Crippen molar-refractivity contribution in [2.75, 3.05) is 37.7 Å². The molecule has 0 aromatic heterocycles. The minimum absolute atomic E-state index is 0.421. The number of carbonyl (C=O) groups excluding carboxylic acids is 2. The molecule has 0 atom stereocenters. The monoisotopic (exact) mass is 427 g/mol. The lowest BCUT2D eigenvalue weighted by Gasteiger charge is -2.36. The van der Waals surface area contributed by atoms with Gasteiger partial charge in [-0.1, -0.05) is 30.3 Å². The van der Waals surface area contributed by atoms with E-state index in [0.29, 0.717) is 22.4 Å². The summed E-state index contributed by atoms with van der Waals surface area (Å²) in [6.45, 7) is 7.24. The van der Waals surface area contributed by atoms with Crippen LogP contribution in [0.3, 0.4) is 0 Å². The maximum atomic E-state index is 12.4. The van der Waals surface area contributed by atoms with Gasteiger partial charge in [0.2, 0.25) is 0 Å². The first-order chi connectivity index (χ1) is 13.0. The standard InChI is InChI=1S/C21H22BrN3O2/c1-15-5-2-3-6-16(15)13-23-9-11-24(12-10-23)14-25-18-8-4-7-17(22)19(18)20(26)21(25)27/h2-8H,9-14H2,1H3. The highest BCUT2D eigenvalue weighted by Gasteiger charge is 2.38. The number of Topliss-reactive ketones (excluding diaryl/α,β-unsaturated/α-hetero) is 1. The van der Waals surface area contributed by atoms with Crippen LogP contribution < -0.4 is 4.90 Å². The molecule has 1 fully saturated rings. The van der Waals surface area contributed by atoms with Crippen LogP contribution in [0.15, 0.2) is 46.9 Å². The van der Waals surface area contributed by atoms with Gasteiger partial charge >= 0.3 is 5.91 Å². The van der Waals surface area contributed by atoms with Crippen LogP contribution in [-0.2, 0) is 11.3 Å². The highest BCUT2D eigenvalue weighted by Crippen LogP contribution is 2.34. The molecule has 2 heterocycles. The van der Waals surface area contributed by atoms with Crippen LogP contribution >= 0.6 is 15.9 Å². The smallest absolute Gasteiger partial charge is 0.297 e. The van der Waals surface area contributed by atoms with Gasteiger partial charge in [-0.3, -0.25) is 24.3 Å². The van der Waals surface area contributed by atoms with E-state index in [1.807, 2.05) is 12.1 Å². The average molecular weight is 428 g/mol. The third-order valence-corrected chi connectivity index (χ3v) is 6.07. The molecule has 2 aliphatic rings. The van der Waals surface area contributed by atoms with Crippen molar-refractivity contribution in [2.45, 2.75) is 13.5 Å². The number of halogens is 1. The minimum atomic E-state index is -0.431. The Kier molecular flexibility index (Phi) is 5.12. The highest BCUT2D eigenvalue weighted by atomic mass is 79.9. The number of amides is 1. The van der Waals surface area contributed by atoms with Gasteiger partial charge in [0.05, 0.1) is 17.9 Å². The van der Waals surface area contributed by atoms with Crippen molar-refractivity contribution in [2.24, 2.45) is 0 Å². The summed E-state index contributed by atoms with van der Waals surface area (Å²) in [6, 6.07) is 14.0. The molecule has 0 N–H and O–H groups in total. The number of carbonyl (C=O) groups is 2. The Labute approximate surface area is 167 Å². The van der Waals surface area contributed by atoms with Crippen LogP contribution in [0.4, 0.5) is 5.69 Å². The van der Waals surface area contributed by atoms with E-state index >= 15 is 0 Å². The van der Waals surface area contributed by atoms with Crippen molar-refractivity contribution >= 4 is 33.3 Å². The van der Waals surface area contributed by atoms with E-state index in [0.717, 1.165) is 32.7 Å². The molecule has 0 aliphatic carbocycles. The van der Waals surface area contributed by atoms with Crippen LogP contribution in [0.25, 0.3) is 0 Å². The molecule has 27 heavy (non-hydrogen) atoms. The fraction of sp³-hybridized carbons (Fsp3) is 0.333. The number of hydrogen-bond donors (Lipinski definition) is 0. The Bertz CT molecular complexity index is 891. The van der Waals surface area contributed by atoms with Crippen molar-refractivity contribution < 1.29 is 9.59 Å². The van der Waals surface area contributed by atoms with Crippen molar-refractivity contribution in [3.8, 4) is 0 Å². The maximum Gasteiger partial charge on any atom is 0.300 e. The summed E-state index contributed by atoms with van der Waals surface area (Å²) in [5.74, 6) is -0.852. The number of rotatable bonds is 4. The number of aryl methyl sites for hydroxylation is 1. The molecule has 5 nitrogen and oxygen atoms in total. The summed E-state index contributed by atoms with van der Waals surface area (Å²) >= 11 is 3.39. The number of benzene rings is 2. The van der Waals surface area contributed by atoms with Gasteiger partial charge in [0.25, 0.3) is 5.78 Å². The van der Waals surface area contributed by atoms with E-state index in [9.17, 15) is 9.59 Å². The third-order valence-electron chi connectivity index (χ3n) is 5.41. The van der Waals surface area contributed by atoms with Gasteiger partial charge in [-0.15, -0.1) is 0 Å². The molecule has 4 rings (SSSR count). The Hall–Kier alpha value is -2.02. The van der Waals surface area contributed by atoms with E-state index in [1.165, 1.54) is 11.1 Å². The molecule has 2 aromatic rings. The second kappa shape index (κ2) is 7.54. The van der Waals surface area contributed by atoms with E-state index < -0.39 is 11.7 Å². The predicted octanol–water partition coefficient (Wildman–Crippen LogP) is 3.06. The van der Waals surface area contributed by atoms with Crippen molar-refractivity contribution in [3.05, 3.63) is 63.6 Å². The van der Waals surface area contributed by atoms with Gasteiger partial charge in [0, 0.05) is 37.2 Å². The molecular weight excluding hydrogens is 406 g/mol. The first-order valence-corrected chi connectivity index (χ1v) is 9.98. The molecule has 0 bridgehead atoms. The number of anilines is 1.